The summed E-state index contributed by atoms with van der Waals surface area (Å²) >= 11 is 0. The Morgan fingerprint density at radius 1 is 1.42 bits per heavy atom. The van der Waals surface area contributed by atoms with E-state index in [1.807, 2.05) is 0 Å². The fraction of sp³-hybridized carbons (Fsp3) is 0.417. The average molecular weight is 278 g/mol. The first-order chi connectivity index (χ1) is 8.75. The van der Waals surface area contributed by atoms with Crippen molar-refractivity contribution in [2.75, 3.05) is 6.54 Å². The molecule has 0 aromatic heterocycles. The number of nitrogens with two attached hydrogens (primary N) is 1. The normalized spacial score (nSPS) is 13.2. The molecule has 3 nitrogen and oxygen atoms in total. The number of benzene rings is 1. The van der Waals surface area contributed by atoms with Gasteiger partial charge < -0.3 is 11.1 Å². The van der Waals surface area contributed by atoms with E-state index >= 15 is 0 Å². The molecular weight excluding hydrogens is 264 g/mol. The minimum absolute atomic E-state index is 0.0986. The van der Waals surface area contributed by atoms with Gasteiger partial charge in [0.1, 0.15) is 5.82 Å². The van der Waals surface area contributed by atoms with E-state index in [1.54, 1.807) is 6.92 Å². The van der Waals surface area contributed by atoms with Crippen molar-refractivity contribution in [3.8, 4) is 0 Å². The van der Waals surface area contributed by atoms with Crippen molar-refractivity contribution in [3.05, 3.63) is 35.1 Å². The van der Waals surface area contributed by atoms with Gasteiger partial charge in [-0.05, 0) is 17.7 Å². The summed E-state index contributed by atoms with van der Waals surface area (Å²) < 4.78 is 50.9. The summed E-state index contributed by atoms with van der Waals surface area (Å²) in [4.78, 5) is 11.4. The number of alkyl halides is 3. The highest BCUT2D eigenvalue weighted by atomic mass is 19.4. The second-order valence-electron chi connectivity index (χ2n) is 4.15. The number of amides is 1. The third kappa shape index (κ3) is 4.20. The van der Waals surface area contributed by atoms with Crippen molar-refractivity contribution in [1.29, 1.82) is 0 Å². The van der Waals surface area contributed by atoms with Crippen LogP contribution in [0.1, 0.15) is 18.1 Å². The fourth-order valence-corrected chi connectivity index (χ4v) is 1.43. The quantitative estimate of drug-likeness (QED) is 0.828. The summed E-state index contributed by atoms with van der Waals surface area (Å²) in [6, 6.07) is 2.34. The van der Waals surface area contributed by atoms with E-state index in [-0.39, 0.29) is 18.7 Å². The highest BCUT2D eigenvalue weighted by Gasteiger charge is 2.33. The molecule has 0 aliphatic carbocycles. The monoisotopic (exact) mass is 278 g/mol. The average Bonchev–Trinajstić information content (AvgIpc) is 2.34. The summed E-state index contributed by atoms with van der Waals surface area (Å²) in [6.45, 7) is 1.34. The molecule has 7 heteroatoms. The summed E-state index contributed by atoms with van der Waals surface area (Å²) in [5, 5.41) is 2.34. The van der Waals surface area contributed by atoms with Crippen LogP contribution in [-0.2, 0) is 17.5 Å². The van der Waals surface area contributed by atoms with Gasteiger partial charge in [-0.3, -0.25) is 4.79 Å². The molecule has 3 N–H and O–H groups in total. The Labute approximate surface area is 107 Å². The molecular formula is C12H14F4N2O. The Morgan fingerprint density at radius 3 is 2.58 bits per heavy atom. The van der Waals surface area contributed by atoms with E-state index in [9.17, 15) is 22.4 Å². The topological polar surface area (TPSA) is 55.1 Å². The number of halogens is 4. The second kappa shape index (κ2) is 6.01. The summed E-state index contributed by atoms with van der Waals surface area (Å²) in [6.07, 6.45) is -4.67. The van der Waals surface area contributed by atoms with Crippen LogP contribution in [0.5, 0.6) is 0 Å². The molecule has 0 saturated heterocycles. The smallest absolute Gasteiger partial charge is 0.352 e. The van der Waals surface area contributed by atoms with Gasteiger partial charge in [-0.2, -0.15) is 13.2 Å². The molecule has 1 rings (SSSR count). The molecule has 1 aromatic carbocycles. The van der Waals surface area contributed by atoms with Gasteiger partial charge in [0, 0.05) is 19.0 Å². The van der Waals surface area contributed by atoms with Crippen LogP contribution in [0.25, 0.3) is 0 Å². The molecule has 0 radical (unpaired) electrons. The van der Waals surface area contributed by atoms with Crippen LogP contribution in [0.4, 0.5) is 17.6 Å². The van der Waals surface area contributed by atoms with Gasteiger partial charge in [-0.15, -0.1) is 0 Å². The van der Waals surface area contributed by atoms with E-state index in [0.29, 0.717) is 6.07 Å². The number of carbonyl (C=O) groups is 1. The standard InChI is InChI=1S/C12H14F4N2O/c1-7(5-17)11(19)18-6-8-2-3-9(13)4-10(8)12(14,15)16/h2-4,7H,5-6,17H2,1H3,(H,18,19). The number of hydrogen-bond donors (Lipinski definition) is 2. The summed E-state index contributed by atoms with van der Waals surface area (Å²) in [5.41, 5.74) is 3.99. The van der Waals surface area contributed by atoms with Crippen molar-refractivity contribution in [2.24, 2.45) is 11.7 Å². The van der Waals surface area contributed by atoms with Crippen molar-refractivity contribution < 1.29 is 22.4 Å². The third-order valence-electron chi connectivity index (χ3n) is 2.63. The maximum Gasteiger partial charge on any atom is 0.416 e. The minimum Gasteiger partial charge on any atom is -0.352 e. The van der Waals surface area contributed by atoms with Crippen molar-refractivity contribution in [2.45, 2.75) is 19.6 Å². The van der Waals surface area contributed by atoms with Crippen LogP contribution in [0, 0.1) is 11.7 Å². The highest BCUT2D eigenvalue weighted by molar-refractivity contribution is 5.78. The first kappa shape index (κ1) is 15.4. The number of rotatable bonds is 4. The Balaban J connectivity index is 2.87. The molecule has 0 aliphatic heterocycles. The Kier molecular flexibility index (Phi) is 4.88. The van der Waals surface area contributed by atoms with E-state index in [0.717, 1.165) is 12.1 Å². The van der Waals surface area contributed by atoms with Crippen LogP contribution in [-0.4, -0.2) is 12.5 Å². The molecule has 1 atom stereocenters. The molecule has 1 aromatic rings. The zero-order chi connectivity index (χ0) is 14.6. The van der Waals surface area contributed by atoms with Gasteiger partial charge in [0.15, 0.2) is 0 Å². The number of nitrogens with one attached hydrogen (secondary N) is 1. The van der Waals surface area contributed by atoms with Crippen LogP contribution in [0.2, 0.25) is 0 Å². The largest absolute Gasteiger partial charge is 0.416 e. The van der Waals surface area contributed by atoms with Gasteiger partial charge in [0.25, 0.3) is 0 Å². The molecule has 1 unspecified atom stereocenters. The zero-order valence-corrected chi connectivity index (χ0v) is 10.2. The molecule has 0 heterocycles. The predicted octanol–water partition coefficient (Wildman–Crippen LogP) is 2.06. The van der Waals surface area contributed by atoms with Gasteiger partial charge in [0.05, 0.1) is 5.56 Å². The first-order valence-electron chi connectivity index (χ1n) is 5.59. The van der Waals surface area contributed by atoms with Gasteiger partial charge >= 0.3 is 6.18 Å². The van der Waals surface area contributed by atoms with Crippen molar-refractivity contribution >= 4 is 5.91 Å². The first-order valence-corrected chi connectivity index (χ1v) is 5.59. The van der Waals surface area contributed by atoms with Gasteiger partial charge in [-0.1, -0.05) is 13.0 Å². The van der Waals surface area contributed by atoms with Crippen LogP contribution in [0.3, 0.4) is 0 Å². The number of hydrogen-bond acceptors (Lipinski definition) is 2. The number of carbonyl (C=O) groups excluding carboxylic acids is 1. The van der Waals surface area contributed by atoms with Gasteiger partial charge in [0.2, 0.25) is 5.91 Å². The van der Waals surface area contributed by atoms with E-state index in [1.165, 1.54) is 0 Å². The SMILES string of the molecule is CC(CN)C(=O)NCc1ccc(F)cc1C(F)(F)F. The molecule has 0 saturated carbocycles. The van der Waals surface area contributed by atoms with E-state index in [4.69, 9.17) is 5.73 Å². The van der Waals surface area contributed by atoms with Crippen molar-refractivity contribution in [1.82, 2.24) is 5.32 Å². The zero-order valence-electron chi connectivity index (χ0n) is 10.2. The van der Waals surface area contributed by atoms with Crippen LogP contribution < -0.4 is 11.1 Å². The highest BCUT2D eigenvalue weighted by Crippen LogP contribution is 2.32. The Morgan fingerprint density at radius 2 is 2.05 bits per heavy atom. The lowest BCUT2D eigenvalue weighted by atomic mass is 10.1. The second-order valence-corrected chi connectivity index (χ2v) is 4.15. The lowest BCUT2D eigenvalue weighted by molar-refractivity contribution is -0.138. The maximum atomic E-state index is 12.9. The van der Waals surface area contributed by atoms with E-state index < -0.39 is 29.4 Å². The molecule has 19 heavy (non-hydrogen) atoms. The maximum absolute atomic E-state index is 12.9. The molecule has 0 aliphatic rings. The third-order valence-corrected chi connectivity index (χ3v) is 2.63. The Hall–Kier alpha value is -1.63. The van der Waals surface area contributed by atoms with Gasteiger partial charge in [-0.25, -0.2) is 4.39 Å². The molecule has 0 spiro atoms. The van der Waals surface area contributed by atoms with Crippen molar-refractivity contribution in [3.63, 3.8) is 0 Å². The molecule has 106 valence electrons. The van der Waals surface area contributed by atoms with Crippen LogP contribution >= 0.6 is 0 Å². The Bertz CT molecular complexity index is 460. The van der Waals surface area contributed by atoms with Crippen LogP contribution in [0.15, 0.2) is 18.2 Å². The fourth-order valence-electron chi connectivity index (χ4n) is 1.43. The minimum atomic E-state index is -4.67. The molecule has 1 amide bonds. The predicted molar refractivity (Wildman–Crippen MR) is 61.5 cm³/mol. The summed E-state index contributed by atoms with van der Waals surface area (Å²) in [7, 11) is 0. The molecule has 0 bridgehead atoms. The lowest BCUT2D eigenvalue weighted by Crippen LogP contribution is -2.33. The molecule has 0 fully saturated rings. The lowest BCUT2D eigenvalue weighted by Gasteiger charge is -2.15. The summed E-state index contributed by atoms with van der Waals surface area (Å²) in [5.74, 6) is -1.91. The van der Waals surface area contributed by atoms with E-state index in [2.05, 4.69) is 5.32 Å².